The van der Waals surface area contributed by atoms with Gasteiger partial charge in [-0.1, -0.05) is 12.1 Å². The second-order valence-electron chi connectivity index (χ2n) is 7.52. The van der Waals surface area contributed by atoms with E-state index in [-0.39, 0.29) is 16.0 Å². The summed E-state index contributed by atoms with van der Waals surface area (Å²) < 4.78 is 36.3. The number of fused-ring (bicyclic) bond motifs is 1. The zero-order valence-electron chi connectivity index (χ0n) is 16.0. The molecule has 2 aromatic rings. The first-order chi connectivity index (χ1) is 13.0. The number of non-ortho nitro benzene ring substituents is 1. The lowest BCUT2D eigenvalue weighted by atomic mass is 9.82. The fourth-order valence-electron chi connectivity index (χ4n) is 3.63. The van der Waals surface area contributed by atoms with Crippen LogP contribution in [0.25, 0.3) is 0 Å². The molecule has 0 saturated carbocycles. The van der Waals surface area contributed by atoms with Crippen LogP contribution in [0.2, 0.25) is 0 Å². The van der Waals surface area contributed by atoms with Gasteiger partial charge in [0.25, 0.3) is 5.69 Å². The number of hydrogen-bond donors (Lipinski definition) is 0. The molecule has 0 bridgehead atoms. The van der Waals surface area contributed by atoms with Crippen molar-refractivity contribution >= 4 is 27.2 Å². The maximum Gasteiger partial charge on any atom is 0.269 e. The third-order valence-corrected chi connectivity index (χ3v) is 6.36. The Labute approximate surface area is 164 Å². The van der Waals surface area contributed by atoms with E-state index in [1.54, 1.807) is 18.2 Å². The fourth-order valence-corrected chi connectivity index (χ4v) is 4.13. The Bertz CT molecular complexity index is 1070. The highest BCUT2D eigenvalue weighted by molar-refractivity contribution is 7.85. The molecule has 0 N–H and O–H groups in total. The van der Waals surface area contributed by atoms with Crippen molar-refractivity contribution in [1.82, 2.24) is 0 Å². The number of benzene rings is 2. The molecule has 28 heavy (non-hydrogen) atoms. The highest BCUT2D eigenvalue weighted by atomic mass is 32.2. The first-order valence-corrected chi connectivity index (χ1v) is 10.4. The zero-order valence-corrected chi connectivity index (χ0v) is 16.8. The van der Waals surface area contributed by atoms with E-state index in [0.717, 1.165) is 41.9 Å². The predicted molar refractivity (Wildman–Crippen MR) is 104 cm³/mol. The van der Waals surface area contributed by atoms with Crippen LogP contribution in [0.4, 0.5) is 11.4 Å². The SMILES string of the molecule is CC1=[N+](CCCc2ccc([N+](=O)[O-])cc2)c2ccc(S(=O)(=O)[O-])cc2C1(C)C. The van der Waals surface area contributed by atoms with Crippen LogP contribution in [0, 0.1) is 10.1 Å². The van der Waals surface area contributed by atoms with Crippen LogP contribution >= 0.6 is 0 Å². The Morgan fingerprint density at radius 1 is 1.11 bits per heavy atom. The van der Waals surface area contributed by atoms with Gasteiger partial charge in [-0.3, -0.25) is 10.1 Å². The van der Waals surface area contributed by atoms with Gasteiger partial charge in [0, 0.05) is 37.1 Å². The molecule has 0 spiro atoms. The largest absolute Gasteiger partial charge is 0.744 e. The molecule has 0 saturated heterocycles. The number of rotatable bonds is 6. The number of nitro benzene ring substituents is 1. The maximum atomic E-state index is 11.4. The molecule has 1 heterocycles. The summed E-state index contributed by atoms with van der Waals surface area (Å²) >= 11 is 0. The van der Waals surface area contributed by atoms with E-state index in [0.29, 0.717) is 0 Å². The van der Waals surface area contributed by atoms with E-state index >= 15 is 0 Å². The van der Waals surface area contributed by atoms with Gasteiger partial charge in [-0.15, -0.1) is 0 Å². The van der Waals surface area contributed by atoms with Crippen molar-refractivity contribution in [3.63, 3.8) is 0 Å². The molecular formula is C20H22N2O5S. The molecule has 0 aliphatic carbocycles. The van der Waals surface area contributed by atoms with Crippen molar-refractivity contribution in [1.29, 1.82) is 0 Å². The lowest BCUT2D eigenvalue weighted by Gasteiger charge is -2.16. The minimum atomic E-state index is -4.50. The van der Waals surface area contributed by atoms with Gasteiger partial charge >= 0.3 is 0 Å². The molecule has 1 aliphatic heterocycles. The predicted octanol–water partition coefficient (Wildman–Crippen LogP) is 3.53. The normalized spacial score (nSPS) is 15.6. The monoisotopic (exact) mass is 402 g/mol. The van der Waals surface area contributed by atoms with Crippen LogP contribution in [0.15, 0.2) is 47.4 Å². The van der Waals surface area contributed by atoms with Crippen molar-refractivity contribution in [3.05, 3.63) is 63.7 Å². The second kappa shape index (κ2) is 7.10. The molecule has 8 heteroatoms. The van der Waals surface area contributed by atoms with Crippen LogP contribution in [0.1, 0.15) is 38.3 Å². The highest BCUT2D eigenvalue weighted by Crippen LogP contribution is 2.40. The summed E-state index contributed by atoms with van der Waals surface area (Å²) in [5, 5.41) is 10.7. The van der Waals surface area contributed by atoms with E-state index in [1.165, 1.54) is 24.3 Å². The smallest absolute Gasteiger partial charge is 0.269 e. The van der Waals surface area contributed by atoms with Crippen LogP contribution in [-0.2, 0) is 22.0 Å². The molecule has 2 aromatic carbocycles. The van der Waals surface area contributed by atoms with Crippen LogP contribution in [0.3, 0.4) is 0 Å². The molecular weight excluding hydrogens is 380 g/mol. The summed E-state index contributed by atoms with van der Waals surface area (Å²) in [4.78, 5) is 10.1. The summed E-state index contributed by atoms with van der Waals surface area (Å²) in [6.07, 6.45) is 1.59. The van der Waals surface area contributed by atoms with Crippen LogP contribution in [0.5, 0.6) is 0 Å². The summed E-state index contributed by atoms with van der Waals surface area (Å²) in [5.74, 6) is 0. The summed E-state index contributed by atoms with van der Waals surface area (Å²) in [6.45, 7) is 6.76. The quantitative estimate of drug-likeness (QED) is 0.318. The molecule has 0 aromatic heterocycles. The van der Waals surface area contributed by atoms with Crippen molar-refractivity contribution < 1.29 is 22.5 Å². The molecule has 0 radical (unpaired) electrons. The van der Waals surface area contributed by atoms with Gasteiger partial charge in [-0.05, 0) is 38.0 Å². The van der Waals surface area contributed by atoms with E-state index in [9.17, 15) is 23.1 Å². The Morgan fingerprint density at radius 3 is 2.32 bits per heavy atom. The minimum Gasteiger partial charge on any atom is -0.744 e. The van der Waals surface area contributed by atoms with E-state index in [1.807, 2.05) is 20.8 Å². The summed E-state index contributed by atoms with van der Waals surface area (Å²) in [5.41, 5.74) is 3.56. The van der Waals surface area contributed by atoms with Gasteiger partial charge < -0.3 is 4.55 Å². The number of nitro groups is 1. The molecule has 0 fully saturated rings. The van der Waals surface area contributed by atoms with E-state index in [2.05, 4.69) is 4.58 Å². The molecule has 1 aliphatic rings. The molecule has 148 valence electrons. The maximum absolute atomic E-state index is 11.4. The second-order valence-corrected chi connectivity index (χ2v) is 8.90. The number of nitrogens with zero attached hydrogens (tertiary/aromatic N) is 2. The Kier molecular flexibility index (Phi) is 5.12. The van der Waals surface area contributed by atoms with Gasteiger partial charge in [0.2, 0.25) is 5.69 Å². The Morgan fingerprint density at radius 2 is 1.75 bits per heavy atom. The summed E-state index contributed by atoms with van der Waals surface area (Å²) in [6, 6.07) is 11.1. The Balaban J connectivity index is 1.79. The first-order valence-electron chi connectivity index (χ1n) is 8.97. The van der Waals surface area contributed by atoms with Crippen molar-refractivity contribution in [2.75, 3.05) is 6.54 Å². The first kappa shape index (κ1) is 20.2. The van der Waals surface area contributed by atoms with Gasteiger partial charge in [-0.2, -0.15) is 4.58 Å². The average molecular weight is 402 g/mol. The van der Waals surface area contributed by atoms with Gasteiger partial charge in [0.05, 0.1) is 15.2 Å². The van der Waals surface area contributed by atoms with Crippen molar-refractivity contribution in [2.24, 2.45) is 0 Å². The molecule has 0 amide bonds. The van der Waals surface area contributed by atoms with Gasteiger partial charge in [0.1, 0.15) is 16.7 Å². The van der Waals surface area contributed by atoms with E-state index in [4.69, 9.17) is 0 Å². The van der Waals surface area contributed by atoms with Crippen molar-refractivity contribution in [3.8, 4) is 0 Å². The third-order valence-electron chi connectivity index (χ3n) is 5.52. The molecule has 0 atom stereocenters. The van der Waals surface area contributed by atoms with Crippen LogP contribution < -0.4 is 0 Å². The fraction of sp³-hybridized carbons (Fsp3) is 0.350. The van der Waals surface area contributed by atoms with Gasteiger partial charge in [0.15, 0.2) is 5.71 Å². The standard InChI is InChI=1S/C20H22N2O5S/c1-14-20(2,3)18-13-17(28(25,26)27)10-11-19(18)21(14)12-4-5-15-6-8-16(9-7-15)22(23)24/h6-11,13H,4-5,12H2,1-3H3. The summed E-state index contributed by atoms with van der Waals surface area (Å²) in [7, 11) is -4.50. The minimum absolute atomic E-state index is 0.0762. The topological polar surface area (TPSA) is 103 Å². The highest BCUT2D eigenvalue weighted by Gasteiger charge is 2.43. The third kappa shape index (κ3) is 3.70. The molecule has 3 rings (SSSR count). The zero-order chi connectivity index (χ0) is 20.7. The Hall–Kier alpha value is -2.58. The molecule has 0 unspecified atom stereocenters. The lowest BCUT2D eigenvalue weighted by molar-refractivity contribution is -0.439. The number of aryl methyl sites for hydroxylation is 1. The van der Waals surface area contributed by atoms with Crippen LogP contribution in [-0.4, -0.2) is 34.7 Å². The van der Waals surface area contributed by atoms with Gasteiger partial charge in [-0.25, -0.2) is 8.42 Å². The molecule has 7 nitrogen and oxygen atoms in total. The lowest BCUT2D eigenvalue weighted by Crippen LogP contribution is -2.26. The average Bonchev–Trinajstić information content (AvgIpc) is 2.82. The number of hydrogen-bond acceptors (Lipinski definition) is 5. The van der Waals surface area contributed by atoms with E-state index < -0.39 is 15.0 Å². The van der Waals surface area contributed by atoms with Crippen molar-refractivity contribution in [2.45, 2.75) is 43.9 Å².